The molecule has 0 aromatic carbocycles. The van der Waals surface area contributed by atoms with Crippen molar-refractivity contribution >= 4 is 27.0 Å². The largest absolute Gasteiger partial charge is 0.461 e. The standard InChI is InChI=1S/C11H8BrN3O/c1-6-9-7(12)5-13-11(9)15-10(14-6)8-3-2-4-16-8/h2-5H,1H3,(H,13,14,15). The molecule has 0 aliphatic carbocycles. The van der Waals surface area contributed by atoms with E-state index in [4.69, 9.17) is 4.42 Å². The van der Waals surface area contributed by atoms with Gasteiger partial charge in [-0.2, -0.15) is 0 Å². The molecule has 3 aromatic rings. The van der Waals surface area contributed by atoms with Gasteiger partial charge in [0.05, 0.1) is 17.3 Å². The molecule has 1 N–H and O–H groups in total. The van der Waals surface area contributed by atoms with Crippen LogP contribution < -0.4 is 0 Å². The molecule has 3 aromatic heterocycles. The van der Waals surface area contributed by atoms with Gasteiger partial charge < -0.3 is 9.40 Å². The van der Waals surface area contributed by atoms with E-state index in [-0.39, 0.29) is 0 Å². The third-order valence-corrected chi connectivity index (χ3v) is 3.03. The molecular formula is C11H8BrN3O. The fourth-order valence-corrected chi connectivity index (χ4v) is 2.27. The van der Waals surface area contributed by atoms with Crippen LogP contribution in [0.25, 0.3) is 22.6 Å². The number of halogens is 1. The summed E-state index contributed by atoms with van der Waals surface area (Å²) in [6, 6.07) is 3.67. The van der Waals surface area contributed by atoms with Crippen LogP contribution in [-0.4, -0.2) is 15.0 Å². The first kappa shape index (κ1) is 9.59. The minimum Gasteiger partial charge on any atom is -0.461 e. The van der Waals surface area contributed by atoms with Crippen LogP contribution in [0, 0.1) is 6.92 Å². The van der Waals surface area contributed by atoms with Gasteiger partial charge in [0.25, 0.3) is 0 Å². The van der Waals surface area contributed by atoms with Crippen molar-refractivity contribution in [3.05, 3.63) is 34.8 Å². The molecule has 0 aliphatic rings. The van der Waals surface area contributed by atoms with Crippen LogP contribution in [0.1, 0.15) is 5.69 Å². The van der Waals surface area contributed by atoms with E-state index in [1.54, 1.807) is 6.26 Å². The molecule has 3 heterocycles. The maximum atomic E-state index is 5.28. The Bertz CT molecular complexity index is 643. The van der Waals surface area contributed by atoms with E-state index in [0.717, 1.165) is 21.2 Å². The number of nitrogens with one attached hydrogen (secondary N) is 1. The third kappa shape index (κ3) is 1.36. The lowest BCUT2D eigenvalue weighted by Crippen LogP contribution is -1.92. The molecule has 0 saturated heterocycles. The number of rotatable bonds is 1. The van der Waals surface area contributed by atoms with E-state index in [1.165, 1.54) is 0 Å². The molecule has 0 aliphatic heterocycles. The summed E-state index contributed by atoms with van der Waals surface area (Å²) in [5.74, 6) is 1.28. The van der Waals surface area contributed by atoms with Crippen LogP contribution in [0.3, 0.4) is 0 Å². The lowest BCUT2D eigenvalue weighted by molar-refractivity contribution is 0.577. The Kier molecular flexibility index (Phi) is 2.07. The Morgan fingerprint density at radius 3 is 3.00 bits per heavy atom. The number of hydrogen-bond acceptors (Lipinski definition) is 3. The Labute approximate surface area is 99.8 Å². The first-order valence-corrected chi connectivity index (χ1v) is 5.60. The summed E-state index contributed by atoms with van der Waals surface area (Å²) < 4.78 is 6.26. The topological polar surface area (TPSA) is 54.7 Å². The van der Waals surface area contributed by atoms with Crippen molar-refractivity contribution in [1.29, 1.82) is 0 Å². The molecule has 0 saturated carbocycles. The molecule has 0 spiro atoms. The summed E-state index contributed by atoms with van der Waals surface area (Å²) in [6.07, 6.45) is 3.47. The van der Waals surface area contributed by atoms with Crippen molar-refractivity contribution in [3.63, 3.8) is 0 Å². The van der Waals surface area contributed by atoms with Gasteiger partial charge in [-0.05, 0) is 35.0 Å². The first-order chi connectivity index (χ1) is 7.75. The predicted octanol–water partition coefficient (Wildman–Crippen LogP) is 3.29. The second kappa shape index (κ2) is 3.45. The molecule has 0 bridgehead atoms. The number of aromatic nitrogens is 3. The van der Waals surface area contributed by atoms with Crippen molar-refractivity contribution in [2.45, 2.75) is 6.92 Å². The van der Waals surface area contributed by atoms with Gasteiger partial charge in [0.1, 0.15) is 5.65 Å². The summed E-state index contributed by atoms with van der Waals surface area (Å²) in [7, 11) is 0. The molecular weight excluding hydrogens is 270 g/mol. The van der Waals surface area contributed by atoms with Crippen molar-refractivity contribution in [3.8, 4) is 11.6 Å². The monoisotopic (exact) mass is 277 g/mol. The quantitative estimate of drug-likeness (QED) is 0.743. The Morgan fingerprint density at radius 2 is 2.25 bits per heavy atom. The summed E-state index contributed by atoms with van der Waals surface area (Å²) >= 11 is 3.46. The Hall–Kier alpha value is -1.62. The van der Waals surface area contributed by atoms with Gasteiger partial charge >= 0.3 is 0 Å². The molecule has 5 heteroatoms. The zero-order chi connectivity index (χ0) is 11.1. The Morgan fingerprint density at radius 1 is 1.38 bits per heavy atom. The number of hydrogen-bond donors (Lipinski definition) is 1. The van der Waals surface area contributed by atoms with Crippen LogP contribution in [0.2, 0.25) is 0 Å². The van der Waals surface area contributed by atoms with E-state index in [0.29, 0.717) is 11.6 Å². The van der Waals surface area contributed by atoms with Crippen molar-refractivity contribution in [1.82, 2.24) is 15.0 Å². The van der Waals surface area contributed by atoms with Gasteiger partial charge in [-0.15, -0.1) is 0 Å². The number of H-pyrrole nitrogens is 1. The smallest absolute Gasteiger partial charge is 0.197 e. The maximum absolute atomic E-state index is 5.28. The van der Waals surface area contributed by atoms with Crippen molar-refractivity contribution in [2.75, 3.05) is 0 Å². The van der Waals surface area contributed by atoms with Crippen LogP contribution in [0.15, 0.2) is 33.5 Å². The second-order valence-electron chi connectivity index (χ2n) is 3.47. The highest BCUT2D eigenvalue weighted by molar-refractivity contribution is 9.10. The fraction of sp³-hybridized carbons (Fsp3) is 0.0909. The van der Waals surface area contributed by atoms with Gasteiger partial charge in [-0.1, -0.05) is 0 Å². The number of aromatic amines is 1. The highest BCUT2D eigenvalue weighted by Gasteiger charge is 2.11. The Balaban J connectivity index is 2.30. The molecule has 4 nitrogen and oxygen atoms in total. The lowest BCUT2D eigenvalue weighted by Gasteiger charge is -2.00. The molecule has 0 amide bonds. The summed E-state index contributed by atoms with van der Waals surface area (Å²) in [6.45, 7) is 1.95. The predicted molar refractivity (Wildman–Crippen MR) is 64.0 cm³/mol. The van der Waals surface area contributed by atoms with Gasteiger partial charge in [0.2, 0.25) is 0 Å². The van der Waals surface area contributed by atoms with Gasteiger partial charge in [0, 0.05) is 10.7 Å². The fourth-order valence-electron chi connectivity index (χ4n) is 1.68. The molecule has 3 rings (SSSR count). The molecule has 80 valence electrons. The third-order valence-electron chi connectivity index (χ3n) is 2.41. The summed E-state index contributed by atoms with van der Waals surface area (Å²) in [5, 5.41) is 1.01. The zero-order valence-corrected chi connectivity index (χ0v) is 10.1. The average molecular weight is 278 g/mol. The highest BCUT2D eigenvalue weighted by atomic mass is 79.9. The SMILES string of the molecule is Cc1nc(-c2ccco2)nc2[nH]cc(Br)c12. The van der Waals surface area contributed by atoms with E-state index >= 15 is 0 Å². The van der Waals surface area contributed by atoms with Crippen LogP contribution in [-0.2, 0) is 0 Å². The van der Waals surface area contributed by atoms with Crippen LogP contribution >= 0.6 is 15.9 Å². The van der Waals surface area contributed by atoms with Gasteiger partial charge in [-0.3, -0.25) is 0 Å². The van der Waals surface area contributed by atoms with E-state index in [9.17, 15) is 0 Å². The molecule has 0 unspecified atom stereocenters. The van der Waals surface area contributed by atoms with E-state index < -0.39 is 0 Å². The molecule has 0 fully saturated rings. The number of aryl methyl sites for hydroxylation is 1. The number of fused-ring (bicyclic) bond motifs is 1. The minimum absolute atomic E-state index is 0.601. The normalized spacial score (nSPS) is 11.1. The van der Waals surface area contributed by atoms with Crippen LogP contribution in [0.4, 0.5) is 0 Å². The summed E-state index contributed by atoms with van der Waals surface area (Å²) in [5.41, 5.74) is 1.73. The lowest BCUT2D eigenvalue weighted by atomic mass is 10.3. The van der Waals surface area contributed by atoms with E-state index in [2.05, 4.69) is 30.9 Å². The molecule has 16 heavy (non-hydrogen) atoms. The maximum Gasteiger partial charge on any atom is 0.197 e. The number of furan rings is 1. The molecule has 0 radical (unpaired) electrons. The van der Waals surface area contributed by atoms with E-state index in [1.807, 2.05) is 25.3 Å². The zero-order valence-electron chi connectivity index (χ0n) is 8.49. The van der Waals surface area contributed by atoms with Crippen molar-refractivity contribution in [2.24, 2.45) is 0 Å². The minimum atomic E-state index is 0.601. The van der Waals surface area contributed by atoms with Gasteiger partial charge in [0.15, 0.2) is 11.6 Å². The highest BCUT2D eigenvalue weighted by Crippen LogP contribution is 2.26. The molecule has 0 atom stereocenters. The average Bonchev–Trinajstić information content (AvgIpc) is 2.87. The summed E-state index contributed by atoms with van der Waals surface area (Å²) in [4.78, 5) is 11.9. The van der Waals surface area contributed by atoms with Crippen LogP contribution in [0.5, 0.6) is 0 Å². The van der Waals surface area contributed by atoms with Crippen molar-refractivity contribution < 1.29 is 4.42 Å². The second-order valence-corrected chi connectivity index (χ2v) is 4.32. The van der Waals surface area contributed by atoms with Gasteiger partial charge in [-0.25, -0.2) is 9.97 Å². The number of nitrogens with zero attached hydrogens (tertiary/aromatic N) is 2. The first-order valence-electron chi connectivity index (χ1n) is 4.81.